The number of hydrogen-bond acceptors (Lipinski definition) is 6. The molecular weight excluding hydrogens is 390 g/mol. The molecule has 0 amide bonds. The van der Waals surface area contributed by atoms with Crippen molar-refractivity contribution in [2.45, 2.75) is 19.6 Å². The van der Waals surface area contributed by atoms with Gasteiger partial charge in [0.2, 0.25) is 0 Å². The van der Waals surface area contributed by atoms with Crippen LogP contribution in [0.5, 0.6) is 11.5 Å². The Morgan fingerprint density at radius 3 is 2.39 bits per heavy atom. The van der Waals surface area contributed by atoms with Crippen LogP contribution in [-0.2, 0) is 19.6 Å². The van der Waals surface area contributed by atoms with Gasteiger partial charge in [0, 0.05) is 37.0 Å². The van der Waals surface area contributed by atoms with E-state index >= 15 is 0 Å². The van der Waals surface area contributed by atoms with Crippen molar-refractivity contribution in [3.8, 4) is 22.8 Å². The summed E-state index contributed by atoms with van der Waals surface area (Å²) in [5.41, 5.74) is 4.77. The molecule has 0 saturated heterocycles. The molecule has 31 heavy (non-hydrogen) atoms. The zero-order valence-electron chi connectivity index (χ0n) is 17.7. The average Bonchev–Trinajstić information content (AvgIpc) is 3.28. The Balaban J connectivity index is 1.64. The van der Waals surface area contributed by atoms with Gasteiger partial charge in [-0.25, -0.2) is 0 Å². The number of benzene rings is 2. The minimum Gasteiger partial charge on any atom is -0.493 e. The van der Waals surface area contributed by atoms with Gasteiger partial charge in [0.1, 0.15) is 11.4 Å². The fraction of sp³-hybridized carbons (Fsp3) is 0.208. The SMILES string of the molecule is COc1cccc(CN(Cc2ccccn2)Cc2n[nH]nc2-c2ccccc2)c1OC. The largest absolute Gasteiger partial charge is 0.493 e. The highest BCUT2D eigenvalue weighted by molar-refractivity contribution is 5.60. The summed E-state index contributed by atoms with van der Waals surface area (Å²) in [6, 6.07) is 21.9. The molecule has 7 heteroatoms. The van der Waals surface area contributed by atoms with E-state index in [4.69, 9.17) is 9.47 Å². The van der Waals surface area contributed by atoms with Crippen molar-refractivity contribution >= 4 is 0 Å². The number of aromatic amines is 1. The van der Waals surface area contributed by atoms with E-state index in [0.29, 0.717) is 25.4 Å². The molecule has 2 heterocycles. The molecule has 158 valence electrons. The number of nitrogens with zero attached hydrogens (tertiary/aromatic N) is 4. The van der Waals surface area contributed by atoms with Gasteiger partial charge in [-0.2, -0.15) is 15.4 Å². The first-order valence-corrected chi connectivity index (χ1v) is 10.1. The van der Waals surface area contributed by atoms with Crippen molar-refractivity contribution in [3.63, 3.8) is 0 Å². The lowest BCUT2D eigenvalue weighted by molar-refractivity contribution is 0.236. The normalized spacial score (nSPS) is 10.9. The van der Waals surface area contributed by atoms with E-state index in [2.05, 4.69) is 25.3 Å². The lowest BCUT2D eigenvalue weighted by Crippen LogP contribution is -2.24. The van der Waals surface area contributed by atoms with E-state index in [1.165, 1.54) is 0 Å². The Kier molecular flexibility index (Phi) is 6.54. The van der Waals surface area contributed by atoms with Crippen molar-refractivity contribution in [2.75, 3.05) is 14.2 Å². The van der Waals surface area contributed by atoms with Crippen molar-refractivity contribution in [1.82, 2.24) is 25.3 Å². The Labute approximate surface area is 181 Å². The van der Waals surface area contributed by atoms with Gasteiger partial charge in [-0.3, -0.25) is 9.88 Å². The van der Waals surface area contributed by atoms with E-state index in [-0.39, 0.29) is 0 Å². The molecule has 0 spiro atoms. The van der Waals surface area contributed by atoms with E-state index in [0.717, 1.165) is 34.0 Å². The third-order valence-electron chi connectivity index (χ3n) is 5.03. The molecule has 0 atom stereocenters. The Bertz CT molecular complexity index is 1100. The second kappa shape index (κ2) is 9.86. The number of rotatable bonds is 9. The molecule has 0 bridgehead atoms. The summed E-state index contributed by atoms with van der Waals surface area (Å²) in [7, 11) is 3.31. The lowest BCUT2D eigenvalue weighted by Gasteiger charge is -2.23. The minimum absolute atomic E-state index is 0.595. The van der Waals surface area contributed by atoms with Crippen LogP contribution < -0.4 is 9.47 Å². The Morgan fingerprint density at radius 2 is 1.65 bits per heavy atom. The number of aromatic nitrogens is 4. The maximum Gasteiger partial charge on any atom is 0.165 e. The number of ether oxygens (including phenoxy) is 2. The fourth-order valence-electron chi connectivity index (χ4n) is 3.61. The predicted molar refractivity (Wildman–Crippen MR) is 119 cm³/mol. The second-order valence-electron chi connectivity index (χ2n) is 7.10. The van der Waals surface area contributed by atoms with Crippen molar-refractivity contribution in [2.24, 2.45) is 0 Å². The van der Waals surface area contributed by atoms with E-state index < -0.39 is 0 Å². The molecule has 4 rings (SSSR count). The maximum atomic E-state index is 5.65. The van der Waals surface area contributed by atoms with Crippen LogP contribution in [0.2, 0.25) is 0 Å². The summed E-state index contributed by atoms with van der Waals surface area (Å²) < 4.78 is 11.1. The maximum absolute atomic E-state index is 5.65. The number of hydrogen-bond donors (Lipinski definition) is 1. The minimum atomic E-state index is 0.595. The van der Waals surface area contributed by atoms with Crippen molar-refractivity contribution < 1.29 is 9.47 Å². The molecular formula is C24H25N5O2. The van der Waals surface area contributed by atoms with Crippen LogP contribution in [-0.4, -0.2) is 39.5 Å². The lowest BCUT2D eigenvalue weighted by atomic mass is 10.1. The first kappa shape index (κ1) is 20.6. The Hall–Kier alpha value is -3.71. The number of H-pyrrole nitrogens is 1. The van der Waals surface area contributed by atoms with Gasteiger partial charge in [-0.1, -0.05) is 48.5 Å². The summed E-state index contributed by atoms with van der Waals surface area (Å²) in [4.78, 5) is 6.77. The van der Waals surface area contributed by atoms with Crippen LogP contribution in [0, 0.1) is 0 Å². The molecule has 2 aromatic carbocycles. The highest BCUT2D eigenvalue weighted by Gasteiger charge is 2.18. The molecule has 1 N–H and O–H groups in total. The van der Waals surface area contributed by atoms with Gasteiger partial charge in [0.25, 0.3) is 0 Å². The van der Waals surface area contributed by atoms with Gasteiger partial charge in [-0.15, -0.1) is 0 Å². The van der Waals surface area contributed by atoms with Gasteiger partial charge in [0.05, 0.1) is 19.9 Å². The smallest absolute Gasteiger partial charge is 0.165 e. The Morgan fingerprint density at radius 1 is 0.806 bits per heavy atom. The molecule has 7 nitrogen and oxygen atoms in total. The quantitative estimate of drug-likeness (QED) is 0.444. The standard InChI is InChI=1S/C24H25N5O2/c1-30-22-13-8-11-19(24(22)31-2)15-29(16-20-12-6-7-14-25-20)17-21-23(27-28-26-21)18-9-4-3-5-10-18/h3-14H,15-17H2,1-2H3,(H,26,27,28). The van der Waals surface area contributed by atoms with E-state index in [1.807, 2.05) is 72.9 Å². The number of methoxy groups -OCH3 is 2. The van der Waals surface area contributed by atoms with Crippen LogP contribution in [0.3, 0.4) is 0 Å². The average molecular weight is 415 g/mol. The van der Waals surface area contributed by atoms with Gasteiger partial charge < -0.3 is 9.47 Å². The molecule has 0 unspecified atom stereocenters. The van der Waals surface area contributed by atoms with E-state index in [1.54, 1.807) is 14.2 Å². The summed E-state index contributed by atoms with van der Waals surface area (Å²) in [6.45, 7) is 1.89. The second-order valence-corrected chi connectivity index (χ2v) is 7.10. The number of nitrogens with one attached hydrogen (secondary N) is 1. The highest BCUT2D eigenvalue weighted by Crippen LogP contribution is 2.32. The third-order valence-corrected chi connectivity index (χ3v) is 5.03. The van der Waals surface area contributed by atoms with Crippen LogP contribution in [0.1, 0.15) is 17.0 Å². The molecule has 0 aliphatic heterocycles. The van der Waals surface area contributed by atoms with Gasteiger partial charge >= 0.3 is 0 Å². The zero-order valence-corrected chi connectivity index (χ0v) is 17.7. The van der Waals surface area contributed by atoms with Crippen molar-refractivity contribution in [1.29, 1.82) is 0 Å². The molecule has 4 aromatic rings. The summed E-state index contributed by atoms with van der Waals surface area (Å²) in [5.74, 6) is 1.45. The number of pyridine rings is 1. The van der Waals surface area contributed by atoms with Gasteiger partial charge in [0.15, 0.2) is 11.5 Å². The molecule has 0 aliphatic carbocycles. The highest BCUT2D eigenvalue weighted by atomic mass is 16.5. The molecule has 0 aliphatic rings. The first-order valence-electron chi connectivity index (χ1n) is 10.1. The zero-order chi connectivity index (χ0) is 21.5. The molecule has 0 saturated carbocycles. The first-order chi connectivity index (χ1) is 15.3. The monoisotopic (exact) mass is 415 g/mol. The number of para-hydroxylation sites is 1. The molecule has 0 radical (unpaired) electrons. The van der Waals surface area contributed by atoms with E-state index in [9.17, 15) is 0 Å². The molecule has 2 aromatic heterocycles. The van der Waals surface area contributed by atoms with Crippen LogP contribution in [0.4, 0.5) is 0 Å². The third kappa shape index (κ3) is 4.90. The summed E-state index contributed by atoms with van der Waals surface area (Å²) in [5, 5.41) is 11.6. The van der Waals surface area contributed by atoms with Crippen LogP contribution in [0.15, 0.2) is 72.9 Å². The summed E-state index contributed by atoms with van der Waals surface area (Å²) in [6.07, 6.45) is 1.81. The van der Waals surface area contributed by atoms with Crippen LogP contribution in [0.25, 0.3) is 11.3 Å². The van der Waals surface area contributed by atoms with Gasteiger partial charge in [-0.05, 0) is 18.2 Å². The topological polar surface area (TPSA) is 76.2 Å². The fourth-order valence-corrected chi connectivity index (χ4v) is 3.61. The summed E-state index contributed by atoms with van der Waals surface area (Å²) >= 11 is 0. The van der Waals surface area contributed by atoms with Crippen molar-refractivity contribution in [3.05, 3.63) is 89.9 Å². The predicted octanol–water partition coefficient (Wildman–Crippen LogP) is 4.09. The van der Waals surface area contributed by atoms with Crippen LogP contribution >= 0.6 is 0 Å². The molecule has 0 fully saturated rings.